The van der Waals surface area contributed by atoms with Gasteiger partial charge in [-0.1, -0.05) is 17.7 Å². The summed E-state index contributed by atoms with van der Waals surface area (Å²) in [6.45, 7) is 0.801. The van der Waals surface area contributed by atoms with Gasteiger partial charge in [-0.05, 0) is 36.4 Å². The molecule has 1 aliphatic heterocycles. The van der Waals surface area contributed by atoms with E-state index in [-0.39, 0.29) is 31.4 Å². The van der Waals surface area contributed by atoms with E-state index in [9.17, 15) is 27.9 Å². The SMILES string of the molecule is O=C1CN(c2ccc(NC(=O)NCC(O)COc3cccc(C(F)(F)F)c3)cc2Cl)CCN1. The number of alkyl halides is 3. The van der Waals surface area contributed by atoms with E-state index in [1.807, 2.05) is 4.90 Å². The van der Waals surface area contributed by atoms with Crippen LogP contribution in [-0.4, -0.2) is 55.9 Å². The van der Waals surface area contributed by atoms with Crippen LogP contribution in [0.4, 0.5) is 29.3 Å². The lowest BCUT2D eigenvalue weighted by atomic mass is 10.2. The zero-order chi connectivity index (χ0) is 24.0. The number of halogens is 4. The van der Waals surface area contributed by atoms with Crippen molar-refractivity contribution in [2.75, 3.05) is 43.0 Å². The fourth-order valence-corrected chi connectivity index (χ4v) is 3.38. The van der Waals surface area contributed by atoms with Crippen molar-refractivity contribution in [2.45, 2.75) is 12.3 Å². The molecule has 4 N–H and O–H groups in total. The second-order valence-electron chi connectivity index (χ2n) is 7.26. The van der Waals surface area contributed by atoms with Gasteiger partial charge in [0.15, 0.2) is 0 Å². The third-order valence-electron chi connectivity index (χ3n) is 4.69. The summed E-state index contributed by atoms with van der Waals surface area (Å²) >= 11 is 6.29. The van der Waals surface area contributed by atoms with Crippen LogP contribution in [0.1, 0.15) is 5.56 Å². The minimum Gasteiger partial charge on any atom is -0.491 e. The van der Waals surface area contributed by atoms with Crippen molar-refractivity contribution in [1.82, 2.24) is 10.6 Å². The van der Waals surface area contributed by atoms with Gasteiger partial charge in [-0.2, -0.15) is 13.2 Å². The van der Waals surface area contributed by atoms with Gasteiger partial charge in [0.1, 0.15) is 18.5 Å². The molecule has 0 spiro atoms. The third kappa shape index (κ3) is 7.16. The Hall–Kier alpha value is -3.18. The Kier molecular flexibility index (Phi) is 7.88. The minimum absolute atomic E-state index is 0.0470. The summed E-state index contributed by atoms with van der Waals surface area (Å²) in [6, 6.07) is 8.52. The summed E-state index contributed by atoms with van der Waals surface area (Å²) < 4.78 is 43.4. The van der Waals surface area contributed by atoms with E-state index in [0.717, 1.165) is 12.1 Å². The second-order valence-corrected chi connectivity index (χ2v) is 7.67. The largest absolute Gasteiger partial charge is 0.491 e. The monoisotopic (exact) mass is 486 g/mol. The Labute approximate surface area is 192 Å². The zero-order valence-corrected chi connectivity index (χ0v) is 18.0. The number of rotatable bonds is 7. The van der Waals surface area contributed by atoms with Gasteiger partial charge < -0.3 is 30.7 Å². The highest BCUT2D eigenvalue weighted by Gasteiger charge is 2.30. The molecule has 178 valence electrons. The highest BCUT2D eigenvalue weighted by atomic mass is 35.5. The van der Waals surface area contributed by atoms with E-state index in [4.69, 9.17) is 16.3 Å². The molecule has 0 aliphatic carbocycles. The normalized spacial score (nSPS) is 14.9. The van der Waals surface area contributed by atoms with Crippen molar-refractivity contribution >= 4 is 34.9 Å². The number of urea groups is 1. The first-order chi connectivity index (χ1) is 15.6. The lowest BCUT2D eigenvalue weighted by Crippen LogP contribution is -2.47. The average Bonchev–Trinajstić information content (AvgIpc) is 2.76. The fourth-order valence-electron chi connectivity index (χ4n) is 3.08. The molecule has 0 saturated carbocycles. The number of ether oxygens (including phenoxy) is 1. The van der Waals surface area contributed by atoms with E-state index in [0.29, 0.717) is 29.5 Å². The molecule has 0 bridgehead atoms. The van der Waals surface area contributed by atoms with Gasteiger partial charge in [0, 0.05) is 25.3 Å². The van der Waals surface area contributed by atoms with Crippen molar-refractivity contribution in [3.63, 3.8) is 0 Å². The predicted molar refractivity (Wildman–Crippen MR) is 117 cm³/mol. The molecule has 3 amide bonds. The van der Waals surface area contributed by atoms with Crippen molar-refractivity contribution in [2.24, 2.45) is 0 Å². The molecule has 1 fully saturated rings. The molecular formula is C21H22ClF3N4O4. The van der Waals surface area contributed by atoms with Gasteiger partial charge in [-0.15, -0.1) is 0 Å². The standard InChI is InChI=1S/C21H22ClF3N4O4/c22-17-9-14(4-5-18(17)29-7-6-26-19(31)11-29)28-20(32)27-10-15(30)12-33-16-3-1-2-13(8-16)21(23,24)25/h1-5,8-9,15,30H,6-7,10-12H2,(H,26,31)(H2,27,28,32). The first-order valence-corrected chi connectivity index (χ1v) is 10.3. The molecule has 8 nitrogen and oxygen atoms in total. The number of amides is 3. The summed E-state index contributed by atoms with van der Waals surface area (Å²) in [5.74, 6) is -0.149. The lowest BCUT2D eigenvalue weighted by molar-refractivity contribution is -0.137. The summed E-state index contributed by atoms with van der Waals surface area (Å²) in [5, 5.41) is 18.0. The molecule has 12 heteroatoms. The van der Waals surface area contributed by atoms with Crippen molar-refractivity contribution < 1.29 is 32.6 Å². The van der Waals surface area contributed by atoms with Crippen molar-refractivity contribution in [1.29, 1.82) is 0 Å². The highest BCUT2D eigenvalue weighted by molar-refractivity contribution is 6.33. The molecule has 0 aromatic heterocycles. The molecule has 1 aliphatic rings. The molecule has 1 unspecified atom stereocenters. The number of benzene rings is 2. The molecule has 1 saturated heterocycles. The Morgan fingerprint density at radius 3 is 2.76 bits per heavy atom. The number of piperazine rings is 1. The van der Waals surface area contributed by atoms with Crippen LogP contribution in [0.2, 0.25) is 5.02 Å². The fraction of sp³-hybridized carbons (Fsp3) is 0.333. The van der Waals surface area contributed by atoms with Gasteiger partial charge in [0.2, 0.25) is 5.91 Å². The van der Waals surface area contributed by atoms with Crippen LogP contribution in [0.25, 0.3) is 0 Å². The number of hydrogen-bond donors (Lipinski definition) is 4. The van der Waals surface area contributed by atoms with E-state index in [1.165, 1.54) is 18.2 Å². The summed E-state index contributed by atoms with van der Waals surface area (Å²) in [7, 11) is 0. The van der Waals surface area contributed by atoms with Gasteiger partial charge >= 0.3 is 12.2 Å². The van der Waals surface area contributed by atoms with E-state index >= 15 is 0 Å². The first-order valence-electron chi connectivity index (χ1n) is 9.96. The molecule has 2 aromatic rings. The Balaban J connectivity index is 1.45. The topological polar surface area (TPSA) is 103 Å². The molecule has 0 radical (unpaired) electrons. The van der Waals surface area contributed by atoms with Crippen LogP contribution >= 0.6 is 11.6 Å². The number of nitrogens with zero attached hydrogens (tertiary/aromatic N) is 1. The van der Waals surface area contributed by atoms with Gasteiger partial charge in [0.25, 0.3) is 0 Å². The molecule has 1 atom stereocenters. The number of anilines is 2. The van der Waals surface area contributed by atoms with Gasteiger partial charge in [0.05, 0.1) is 22.8 Å². The summed E-state index contributed by atoms with van der Waals surface area (Å²) in [5.41, 5.74) is 0.206. The summed E-state index contributed by atoms with van der Waals surface area (Å²) in [4.78, 5) is 25.5. The smallest absolute Gasteiger partial charge is 0.416 e. The number of aliphatic hydroxyl groups excluding tert-OH is 1. The van der Waals surface area contributed by atoms with Crippen molar-refractivity contribution in [3.8, 4) is 5.75 Å². The average molecular weight is 487 g/mol. The molecule has 2 aromatic carbocycles. The lowest BCUT2D eigenvalue weighted by Gasteiger charge is -2.29. The van der Waals surface area contributed by atoms with E-state index < -0.39 is 23.9 Å². The van der Waals surface area contributed by atoms with Crippen LogP contribution in [0.3, 0.4) is 0 Å². The molecule has 1 heterocycles. The number of nitrogens with one attached hydrogen (secondary N) is 3. The predicted octanol–water partition coefficient (Wildman–Crippen LogP) is 2.86. The Morgan fingerprint density at radius 2 is 2.06 bits per heavy atom. The molecule has 3 rings (SSSR count). The number of hydrogen-bond acceptors (Lipinski definition) is 5. The van der Waals surface area contributed by atoms with Crippen molar-refractivity contribution in [3.05, 3.63) is 53.1 Å². The highest BCUT2D eigenvalue weighted by Crippen LogP contribution is 2.31. The molecule has 33 heavy (non-hydrogen) atoms. The zero-order valence-electron chi connectivity index (χ0n) is 17.3. The number of carbonyl (C=O) groups is 2. The van der Waals surface area contributed by atoms with E-state index in [2.05, 4.69) is 16.0 Å². The molecular weight excluding hydrogens is 465 g/mol. The first kappa shape index (κ1) is 24.5. The van der Waals surface area contributed by atoms with Gasteiger partial charge in [-0.25, -0.2) is 4.79 Å². The quantitative estimate of drug-likeness (QED) is 0.482. The minimum atomic E-state index is -4.50. The van der Waals surface area contributed by atoms with Crippen LogP contribution in [0.15, 0.2) is 42.5 Å². The van der Waals surface area contributed by atoms with Crippen LogP contribution in [0.5, 0.6) is 5.75 Å². The number of carbonyl (C=O) groups excluding carboxylic acids is 2. The Bertz CT molecular complexity index is 1010. The maximum Gasteiger partial charge on any atom is 0.416 e. The van der Waals surface area contributed by atoms with Crippen LogP contribution in [0, 0.1) is 0 Å². The maximum absolute atomic E-state index is 12.7. The third-order valence-corrected chi connectivity index (χ3v) is 4.99. The van der Waals surface area contributed by atoms with Crippen LogP contribution < -0.4 is 25.6 Å². The number of aliphatic hydroxyl groups is 1. The summed E-state index contributed by atoms with van der Waals surface area (Å²) in [6.07, 6.45) is -5.65. The second kappa shape index (κ2) is 10.6. The van der Waals surface area contributed by atoms with Crippen LogP contribution in [-0.2, 0) is 11.0 Å². The van der Waals surface area contributed by atoms with Gasteiger partial charge in [-0.3, -0.25) is 4.79 Å². The maximum atomic E-state index is 12.7. The van der Waals surface area contributed by atoms with E-state index in [1.54, 1.807) is 12.1 Å². The Morgan fingerprint density at radius 1 is 1.27 bits per heavy atom.